The number of amides is 2. The lowest BCUT2D eigenvalue weighted by molar-refractivity contribution is -0.127. The number of imidazole rings is 1. The number of aliphatic hydroxyl groups is 1. The summed E-state index contributed by atoms with van der Waals surface area (Å²) in [6.45, 7) is 6.65. The average Bonchev–Trinajstić information content (AvgIpc) is 3.56. The zero-order valence-corrected chi connectivity index (χ0v) is 20.9. The number of aliphatic hydroxyl groups excluding tert-OH is 1. The molecule has 188 valence electrons. The number of hydrogen-bond acceptors (Lipinski definition) is 6. The summed E-state index contributed by atoms with van der Waals surface area (Å²) in [5.41, 5.74) is 8.29. The summed E-state index contributed by atoms with van der Waals surface area (Å²) in [6.07, 6.45) is 3.97. The van der Waals surface area contributed by atoms with Crippen molar-refractivity contribution in [2.24, 2.45) is 5.73 Å². The number of rotatable bonds is 7. The molecule has 1 aromatic carbocycles. The maximum Gasteiger partial charge on any atom is 0.255 e. The van der Waals surface area contributed by atoms with E-state index >= 15 is 0 Å². The van der Waals surface area contributed by atoms with Crippen molar-refractivity contribution < 1.29 is 14.7 Å². The smallest absolute Gasteiger partial charge is 0.255 e. The van der Waals surface area contributed by atoms with Crippen LogP contribution in [0.4, 0.5) is 5.82 Å². The molecule has 3 heterocycles. The summed E-state index contributed by atoms with van der Waals surface area (Å²) in [4.78, 5) is 30.9. The Kier molecular flexibility index (Phi) is 7.33. The van der Waals surface area contributed by atoms with Gasteiger partial charge >= 0.3 is 0 Å². The van der Waals surface area contributed by atoms with Crippen LogP contribution in [0.15, 0.2) is 31.1 Å². The Bertz CT molecular complexity index is 1400. The molecule has 10 nitrogen and oxygen atoms in total. The fourth-order valence-corrected chi connectivity index (χ4v) is 4.90. The Morgan fingerprint density at radius 3 is 2.81 bits per heavy atom. The van der Waals surface area contributed by atoms with Crippen LogP contribution >= 0.6 is 11.6 Å². The zero-order chi connectivity index (χ0) is 26.0. The van der Waals surface area contributed by atoms with Crippen LogP contribution in [0.3, 0.4) is 0 Å². The van der Waals surface area contributed by atoms with Crippen molar-refractivity contribution in [2.45, 2.75) is 38.4 Å². The lowest BCUT2D eigenvalue weighted by Gasteiger charge is -2.22. The summed E-state index contributed by atoms with van der Waals surface area (Å²) in [5.74, 6) is 5.48. The van der Waals surface area contributed by atoms with Crippen molar-refractivity contribution in [3.63, 3.8) is 0 Å². The van der Waals surface area contributed by atoms with E-state index in [1.807, 2.05) is 17.6 Å². The highest BCUT2D eigenvalue weighted by Crippen LogP contribution is 2.33. The largest absolute Gasteiger partial charge is 0.396 e. The van der Waals surface area contributed by atoms with E-state index in [4.69, 9.17) is 17.3 Å². The van der Waals surface area contributed by atoms with Crippen LogP contribution in [0.5, 0.6) is 0 Å². The molecule has 0 unspecified atom stereocenters. The van der Waals surface area contributed by atoms with E-state index in [1.54, 1.807) is 29.0 Å². The van der Waals surface area contributed by atoms with Crippen LogP contribution in [0, 0.1) is 11.8 Å². The third-order valence-corrected chi connectivity index (χ3v) is 6.73. The third kappa shape index (κ3) is 4.55. The zero-order valence-electron chi connectivity index (χ0n) is 20.2. The Morgan fingerprint density at radius 1 is 1.39 bits per heavy atom. The van der Waals surface area contributed by atoms with Crippen LogP contribution in [-0.4, -0.2) is 67.4 Å². The van der Waals surface area contributed by atoms with E-state index in [9.17, 15) is 14.7 Å². The number of nitrogens with one attached hydrogen (secondary N) is 1. The summed E-state index contributed by atoms with van der Waals surface area (Å²) in [5, 5.41) is 17.5. The molecule has 2 aromatic heterocycles. The Balaban J connectivity index is 1.75. The van der Waals surface area contributed by atoms with Crippen LogP contribution in [0.1, 0.15) is 47.4 Å². The second-order valence-corrected chi connectivity index (χ2v) is 8.89. The lowest BCUT2D eigenvalue weighted by atomic mass is 10.1. The molecule has 0 radical (unpaired) electrons. The second-order valence-electron chi connectivity index (χ2n) is 8.48. The van der Waals surface area contributed by atoms with E-state index in [2.05, 4.69) is 33.8 Å². The minimum Gasteiger partial charge on any atom is -0.396 e. The summed E-state index contributed by atoms with van der Waals surface area (Å²) >= 11 is 6.49. The summed E-state index contributed by atoms with van der Waals surface area (Å²) in [7, 11) is 1.67. The van der Waals surface area contributed by atoms with Crippen molar-refractivity contribution in [1.82, 2.24) is 24.2 Å². The van der Waals surface area contributed by atoms with Crippen molar-refractivity contribution >= 4 is 40.3 Å². The van der Waals surface area contributed by atoms with Gasteiger partial charge in [-0.15, -0.1) is 0 Å². The highest BCUT2D eigenvalue weighted by molar-refractivity contribution is 6.32. The first kappa shape index (κ1) is 25.3. The molecule has 4 N–H and O–H groups in total. The van der Waals surface area contributed by atoms with Crippen molar-refractivity contribution in [1.29, 1.82) is 0 Å². The van der Waals surface area contributed by atoms with Crippen molar-refractivity contribution in [3.05, 3.63) is 53.0 Å². The van der Waals surface area contributed by atoms with Gasteiger partial charge in [-0.3, -0.25) is 9.59 Å². The molecule has 0 bridgehead atoms. The molecule has 2 atom stereocenters. The first-order valence-corrected chi connectivity index (χ1v) is 12.0. The standard InChI is InChI=1S/C25H28ClN7O3/c1-4-22(35)32-13-17(11-16(32)8-9-34)33-25(28-3)23(24(27)36)19(30-33)7-6-15-10-20-21(12-18(15)26)31(5-2)14-29-20/h4,10,12,14,16-17,28,34H,1,5,8-9,11,13H2,2-3H3,(H2,27,36)/t16-,17-/m0/s1. The SMILES string of the molecule is C=CC(=O)N1C[C@@H](n2nc(C#Cc3cc4ncn(CC)c4cc3Cl)c(C(N)=O)c2NC)C[C@@H]1CCO. The molecule has 0 saturated carbocycles. The number of carbonyl (C=O) groups is 2. The van der Waals surface area contributed by atoms with Crippen LogP contribution in [-0.2, 0) is 11.3 Å². The number of halogens is 1. The molecule has 0 spiro atoms. The van der Waals surface area contributed by atoms with Gasteiger partial charge in [0.2, 0.25) is 5.91 Å². The summed E-state index contributed by atoms with van der Waals surface area (Å²) < 4.78 is 3.63. The Labute approximate surface area is 213 Å². The van der Waals surface area contributed by atoms with E-state index < -0.39 is 5.91 Å². The molecule has 1 aliphatic heterocycles. The normalized spacial score (nSPS) is 17.2. The van der Waals surface area contributed by atoms with Crippen LogP contribution in [0.2, 0.25) is 5.02 Å². The van der Waals surface area contributed by atoms with E-state index in [1.165, 1.54) is 6.08 Å². The van der Waals surface area contributed by atoms with Gasteiger partial charge in [0.15, 0.2) is 5.69 Å². The molecule has 4 rings (SSSR count). The molecule has 1 aliphatic rings. The Hall–Kier alpha value is -3.81. The van der Waals surface area contributed by atoms with Gasteiger partial charge in [0, 0.05) is 38.3 Å². The van der Waals surface area contributed by atoms with Crippen LogP contribution < -0.4 is 11.1 Å². The van der Waals surface area contributed by atoms with E-state index in [-0.39, 0.29) is 35.9 Å². The molecular weight excluding hydrogens is 482 g/mol. The molecule has 1 fully saturated rings. The minimum absolute atomic E-state index is 0.0544. The fraction of sp³-hybridized carbons (Fsp3) is 0.360. The second kappa shape index (κ2) is 10.4. The quantitative estimate of drug-likeness (QED) is 0.330. The predicted molar refractivity (Wildman–Crippen MR) is 138 cm³/mol. The first-order valence-electron chi connectivity index (χ1n) is 11.6. The molecule has 1 saturated heterocycles. The predicted octanol–water partition coefficient (Wildman–Crippen LogP) is 2.16. The fourth-order valence-electron chi connectivity index (χ4n) is 4.69. The number of fused-ring (bicyclic) bond motifs is 1. The summed E-state index contributed by atoms with van der Waals surface area (Å²) in [6, 6.07) is 3.18. The van der Waals surface area contributed by atoms with E-state index in [0.29, 0.717) is 35.8 Å². The monoisotopic (exact) mass is 509 g/mol. The number of benzene rings is 1. The minimum atomic E-state index is -0.679. The van der Waals surface area contributed by atoms with Gasteiger partial charge < -0.3 is 25.6 Å². The van der Waals surface area contributed by atoms with Gasteiger partial charge in [-0.25, -0.2) is 9.67 Å². The highest BCUT2D eigenvalue weighted by atomic mass is 35.5. The first-order chi connectivity index (χ1) is 17.3. The van der Waals surface area contributed by atoms with Crippen molar-refractivity contribution in [2.75, 3.05) is 25.5 Å². The maximum absolute atomic E-state index is 12.4. The van der Waals surface area contributed by atoms with Crippen molar-refractivity contribution in [3.8, 4) is 11.8 Å². The van der Waals surface area contributed by atoms with Gasteiger partial charge in [0.1, 0.15) is 11.4 Å². The van der Waals surface area contributed by atoms with Crippen LogP contribution in [0.25, 0.3) is 11.0 Å². The number of aryl methyl sites for hydroxylation is 1. The van der Waals surface area contributed by atoms with Gasteiger partial charge in [-0.2, -0.15) is 5.10 Å². The van der Waals surface area contributed by atoms with Gasteiger partial charge in [-0.1, -0.05) is 24.1 Å². The number of nitrogens with zero attached hydrogens (tertiary/aromatic N) is 5. The number of carbonyl (C=O) groups excluding carboxylic acids is 2. The molecule has 0 aliphatic carbocycles. The van der Waals surface area contributed by atoms with Gasteiger partial charge in [-0.05, 0) is 43.9 Å². The number of primary amides is 1. The van der Waals surface area contributed by atoms with Gasteiger partial charge in [0.05, 0.1) is 28.4 Å². The number of anilines is 1. The number of nitrogens with two attached hydrogens (primary N) is 1. The molecule has 36 heavy (non-hydrogen) atoms. The van der Waals surface area contributed by atoms with E-state index in [0.717, 1.165) is 17.6 Å². The topological polar surface area (TPSA) is 131 Å². The maximum atomic E-state index is 12.4. The number of likely N-dealkylation sites (tertiary alicyclic amines) is 1. The third-order valence-electron chi connectivity index (χ3n) is 6.42. The molecular formula is C25H28ClN7O3. The molecule has 11 heteroatoms. The average molecular weight is 510 g/mol. The molecule has 2 amide bonds. The Morgan fingerprint density at radius 2 is 2.17 bits per heavy atom. The molecule has 3 aromatic rings. The highest BCUT2D eigenvalue weighted by Gasteiger charge is 2.37. The number of aromatic nitrogens is 4. The van der Waals surface area contributed by atoms with Gasteiger partial charge in [0.25, 0.3) is 5.91 Å². The lowest BCUT2D eigenvalue weighted by Crippen LogP contribution is -2.35. The number of hydrogen-bond donors (Lipinski definition) is 3.